The lowest BCUT2D eigenvalue weighted by Crippen LogP contribution is -2.25. The zero-order valence-electron chi connectivity index (χ0n) is 21.1. The molecule has 1 unspecified atom stereocenters. The largest absolute Gasteiger partial charge is 0.383 e. The number of aryl methyl sites for hydroxylation is 1. The van der Waals surface area contributed by atoms with E-state index in [-0.39, 0.29) is 17.5 Å². The fourth-order valence-electron chi connectivity index (χ4n) is 4.91. The molecule has 34 heavy (non-hydrogen) atoms. The Bertz CT molecular complexity index is 1040. The molecule has 182 valence electrons. The van der Waals surface area contributed by atoms with Gasteiger partial charge in [0.2, 0.25) is 0 Å². The van der Waals surface area contributed by atoms with E-state index in [0.717, 1.165) is 42.1 Å². The summed E-state index contributed by atoms with van der Waals surface area (Å²) in [5.74, 6) is -0.352. The van der Waals surface area contributed by atoms with Crippen molar-refractivity contribution in [1.29, 1.82) is 5.26 Å². The van der Waals surface area contributed by atoms with Crippen LogP contribution >= 0.6 is 0 Å². The van der Waals surface area contributed by atoms with Crippen LogP contribution in [-0.4, -0.2) is 42.2 Å². The molecule has 0 spiro atoms. The number of carbonyl (C=O) groups excluding carboxylic acids is 1. The molecule has 1 fully saturated rings. The van der Waals surface area contributed by atoms with E-state index >= 15 is 0 Å². The molecule has 0 bridgehead atoms. The van der Waals surface area contributed by atoms with E-state index in [9.17, 15) is 10.1 Å². The second-order valence-corrected chi connectivity index (χ2v) is 9.36. The van der Waals surface area contributed by atoms with Gasteiger partial charge in [0.05, 0.1) is 12.6 Å². The highest BCUT2D eigenvalue weighted by molar-refractivity contribution is 6.01. The normalized spacial score (nSPS) is 16.0. The molecule has 1 aliphatic heterocycles. The van der Waals surface area contributed by atoms with Gasteiger partial charge in [0.1, 0.15) is 11.6 Å². The van der Waals surface area contributed by atoms with Gasteiger partial charge in [0.15, 0.2) is 0 Å². The highest BCUT2D eigenvalue weighted by atomic mass is 16.5. The number of aromatic nitrogens is 1. The number of hydrogen-bond donors (Lipinski definition) is 1. The summed E-state index contributed by atoms with van der Waals surface area (Å²) in [6, 6.07) is 12.6. The number of nitriles is 1. The average molecular weight is 463 g/mol. The van der Waals surface area contributed by atoms with E-state index < -0.39 is 0 Å². The summed E-state index contributed by atoms with van der Waals surface area (Å²) in [5.41, 5.74) is 5.40. The Hall–Kier alpha value is -2.88. The first kappa shape index (κ1) is 25.7. The zero-order valence-corrected chi connectivity index (χ0v) is 21.1. The molecule has 1 N–H and O–H groups in total. The fourth-order valence-corrected chi connectivity index (χ4v) is 4.91. The van der Waals surface area contributed by atoms with Crippen molar-refractivity contribution < 1.29 is 9.53 Å². The second kappa shape index (κ2) is 12.5. The summed E-state index contributed by atoms with van der Waals surface area (Å²) in [6.45, 7) is 10.4. The van der Waals surface area contributed by atoms with Gasteiger partial charge in [-0.15, -0.1) is 0 Å². The molecule has 2 heterocycles. The highest BCUT2D eigenvalue weighted by Gasteiger charge is 2.16. The van der Waals surface area contributed by atoms with E-state index in [1.54, 1.807) is 13.2 Å². The van der Waals surface area contributed by atoms with Crippen molar-refractivity contribution >= 4 is 12.0 Å². The van der Waals surface area contributed by atoms with E-state index in [1.807, 2.05) is 32.0 Å². The van der Waals surface area contributed by atoms with Crippen LogP contribution < -0.4 is 5.32 Å². The van der Waals surface area contributed by atoms with E-state index in [4.69, 9.17) is 4.74 Å². The first-order valence-corrected chi connectivity index (χ1v) is 12.3. The summed E-state index contributed by atoms with van der Waals surface area (Å²) in [5, 5.41) is 12.6. The van der Waals surface area contributed by atoms with Crippen LogP contribution in [0, 0.1) is 25.2 Å². The maximum absolute atomic E-state index is 12.8. The molecule has 1 aromatic heterocycles. The molecular weight excluding hydrogens is 424 g/mol. The topological polar surface area (TPSA) is 70.3 Å². The lowest BCUT2D eigenvalue weighted by molar-refractivity contribution is -0.117. The fraction of sp³-hybridized carbons (Fsp3) is 0.500. The first-order chi connectivity index (χ1) is 16.4. The predicted octanol–water partition coefficient (Wildman–Crippen LogP) is 4.91. The van der Waals surface area contributed by atoms with Crippen molar-refractivity contribution in [2.45, 2.75) is 65.6 Å². The Morgan fingerprint density at radius 2 is 1.88 bits per heavy atom. The molecule has 6 heteroatoms. The van der Waals surface area contributed by atoms with Gasteiger partial charge in [-0.3, -0.25) is 9.69 Å². The SMILES string of the molecule is COCC(C)n1c(C)cc(/C=C(/C#N)C(=O)NCc2cccc(CN3CCCCCC3)c2)c1C. The minimum Gasteiger partial charge on any atom is -0.383 e. The second-order valence-electron chi connectivity index (χ2n) is 9.36. The van der Waals surface area contributed by atoms with Gasteiger partial charge in [-0.05, 0) is 75.5 Å². The van der Waals surface area contributed by atoms with Gasteiger partial charge >= 0.3 is 0 Å². The lowest BCUT2D eigenvalue weighted by atomic mass is 10.1. The Kier molecular flexibility index (Phi) is 9.50. The third-order valence-electron chi connectivity index (χ3n) is 6.59. The molecule has 1 atom stereocenters. The standard InChI is InChI=1S/C28H38N4O2/c1-21-14-26(23(3)32(21)22(2)20-34-4)16-27(17-29)28(33)30-18-24-10-9-11-25(15-24)19-31-12-7-5-6-8-13-31/h9-11,14-16,22H,5-8,12-13,18-20H2,1-4H3,(H,30,33)/b27-16-. The molecule has 0 aliphatic carbocycles. The molecule has 3 rings (SSSR count). The van der Waals surface area contributed by atoms with Gasteiger partial charge < -0.3 is 14.6 Å². The minimum absolute atomic E-state index is 0.111. The molecular formula is C28H38N4O2. The van der Waals surface area contributed by atoms with E-state index in [2.05, 4.69) is 39.9 Å². The molecule has 1 aromatic carbocycles. The van der Waals surface area contributed by atoms with E-state index in [1.165, 1.54) is 31.2 Å². The van der Waals surface area contributed by atoms with Crippen LogP contribution in [0.3, 0.4) is 0 Å². The third-order valence-corrected chi connectivity index (χ3v) is 6.59. The number of rotatable bonds is 9. The van der Waals surface area contributed by atoms with Crippen LogP contribution in [0.5, 0.6) is 0 Å². The van der Waals surface area contributed by atoms with Crippen LogP contribution in [0.2, 0.25) is 0 Å². The summed E-state index contributed by atoms with van der Waals surface area (Å²) in [4.78, 5) is 15.3. The Labute approximate surface area is 204 Å². The highest BCUT2D eigenvalue weighted by Crippen LogP contribution is 2.23. The third kappa shape index (κ3) is 6.82. The molecule has 0 saturated carbocycles. The summed E-state index contributed by atoms with van der Waals surface area (Å²) in [7, 11) is 1.69. The van der Waals surface area contributed by atoms with Crippen LogP contribution in [-0.2, 0) is 22.6 Å². The molecule has 1 amide bonds. The van der Waals surface area contributed by atoms with Gasteiger partial charge in [-0.2, -0.15) is 5.26 Å². The maximum Gasteiger partial charge on any atom is 0.262 e. The van der Waals surface area contributed by atoms with Crippen molar-refractivity contribution in [3.05, 3.63) is 64.0 Å². The monoisotopic (exact) mass is 462 g/mol. The minimum atomic E-state index is -0.352. The Morgan fingerprint density at radius 1 is 1.18 bits per heavy atom. The molecule has 1 aliphatic rings. The average Bonchev–Trinajstić information content (AvgIpc) is 2.97. The van der Waals surface area contributed by atoms with Crippen LogP contribution in [0.25, 0.3) is 6.08 Å². The van der Waals surface area contributed by atoms with Crippen molar-refractivity contribution in [1.82, 2.24) is 14.8 Å². The Morgan fingerprint density at radius 3 is 2.56 bits per heavy atom. The predicted molar refractivity (Wildman–Crippen MR) is 136 cm³/mol. The lowest BCUT2D eigenvalue weighted by Gasteiger charge is -2.20. The van der Waals surface area contributed by atoms with Gasteiger partial charge in [0.25, 0.3) is 5.91 Å². The smallest absolute Gasteiger partial charge is 0.262 e. The number of ether oxygens (including phenoxy) is 1. The van der Waals surface area contributed by atoms with Crippen molar-refractivity contribution in [3.8, 4) is 6.07 Å². The number of methoxy groups -OCH3 is 1. The number of nitrogens with zero attached hydrogens (tertiary/aromatic N) is 3. The van der Waals surface area contributed by atoms with Crippen molar-refractivity contribution in [2.24, 2.45) is 0 Å². The number of nitrogens with one attached hydrogen (secondary N) is 1. The number of benzene rings is 1. The molecule has 0 radical (unpaired) electrons. The van der Waals surface area contributed by atoms with Crippen LogP contribution in [0.1, 0.15) is 66.7 Å². The van der Waals surface area contributed by atoms with Crippen LogP contribution in [0.4, 0.5) is 0 Å². The van der Waals surface area contributed by atoms with E-state index in [0.29, 0.717) is 13.2 Å². The summed E-state index contributed by atoms with van der Waals surface area (Å²) in [6.07, 6.45) is 6.88. The van der Waals surface area contributed by atoms with Crippen molar-refractivity contribution in [3.63, 3.8) is 0 Å². The maximum atomic E-state index is 12.8. The first-order valence-electron chi connectivity index (χ1n) is 12.3. The van der Waals surface area contributed by atoms with Gasteiger partial charge in [-0.25, -0.2) is 0 Å². The number of hydrogen-bond acceptors (Lipinski definition) is 4. The molecule has 6 nitrogen and oxygen atoms in total. The summed E-state index contributed by atoms with van der Waals surface area (Å²) < 4.78 is 7.47. The number of amides is 1. The number of carbonyl (C=O) groups is 1. The molecule has 1 saturated heterocycles. The summed E-state index contributed by atoms with van der Waals surface area (Å²) >= 11 is 0. The quantitative estimate of drug-likeness (QED) is 0.425. The number of likely N-dealkylation sites (tertiary alicyclic amines) is 1. The van der Waals surface area contributed by atoms with Gasteiger partial charge in [-0.1, -0.05) is 37.1 Å². The van der Waals surface area contributed by atoms with Crippen LogP contribution in [0.15, 0.2) is 35.9 Å². The van der Waals surface area contributed by atoms with Crippen molar-refractivity contribution in [2.75, 3.05) is 26.8 Å². The zero-order chi connectivity index (χ0) is 24.5. The Balaban J connectivity index is 1.65. The van der Waals surface area contributed by atoms with Gasteiger partial charge in [0, 0.05) is 31.6 Å². The molecule has 2 aromatic rings.